The summed E-state index contributed by atoms with van der Waals surface area (Å²) in [5.74, 6) is 1.12. The van der Waals surface area contributed by atoms with Gasteiger partial charge in [0.25, 0.3) is 0 Å². The molecule has 0 spiro atoms. The Morgan fingerprint density at radius 1 is 1.05 bits per heavy atom. The van der Waals surface area contributed by atoms with Crippen LogP contribution in [0, 0.1) is 16.7 Å². The molecule has 2 unspecified atom stereocenters. The van der Waals surface area contributed by atoms with Gasteiger partial charge in [-0.1, -0.05) is 0 Å². The van der Waals surface area contributed by atoms with E-state index < -0.39 is 0 Å². The summed E-state index contributed by atoms with van der Waals surface area (Å²) in [4.78, 5) is 13.7. The van der Waals surface area contributed by atoms with Crippen molar-refractivity contribution in [2.75, 3.05) is 0 Å². The molecule has 0 radical (unpaired) electrons. The van der Waals surface area contributed by atoms with Gasteiger partial charge in [-0.05, 0) is 0 Å². The molecule has 0 aromatic carbocycles. The summed E-state index contributed by atoms with van der Waals surface area (Å²) in [6.07, 6.45) is 9.26. The number of rotatable bonds is 2. The van der Waals surface area contributed by atoms with Crippen LogP contribution in [0.1, 0.15) is 72.1 Å². The second-order valence-corrected chi connectivity index (χ2v) is 11.1. The summed E-state index contributed by atoms with van der Waals surface area (Å²) >= 11 is 0.286. The summed E-state index contributed by atoms with van der Waals surface area (Å²) in [5, 5.41) is 10.5. The number of aliphatic hydroxyl groups is 1. The van der Waals surface area contributed by atoms with Gasteiger partial charge in [-0.15, -0.1) is 0 Å². The first kappa shape index (κ1) is 16.0. The molecule has 3 aliphatic rings. The average Bonchev–Trinajstić information content (AvgIpc) is 2.72. The van der Waals surface area contributed by atoms with Crippen molar-refractivity contribution in [3.05, 3.63) is 0 Å². The molecule has 2 nitrogen and oxygen atoms in total. The van der Waals surface area contributed by atoms with E-state index in [9.17, 15) is 9.90 Å². The van der Waals surface area contributed by atoms with Crippen LogP contribution in [0.15, 0.2) is 0 Å². The first-order chi connectivity index (χ1) is 9.88. The maximum absolute atomic E-state index is 13.0. The van der Waals surface area contributed by atoms with Gasteiger partial charge in [0.15, 0.2) is 0 Å². The number of fused-ring (bicyclic) bond motifs is 2. The van der Waals surface area contributed by atoms with Crippen molar-refractivity contribution in [3.8, 4) is 0 Å². The molecule has 3 fully saturated rings. The fourth-order valence-corrected chi connectivity index (χ4v) is 9.23. The van der Waals surface area contributed by atoms with E-state index >= 15 is 0 Å². The number of aliphatic hydroxyl groups excluding tert-OH is 1. The van der Waals surface area contributed by atoms with Crippen LogP contribution >= 0.6 is 0 Å². The number of carbonyl (C=O) groups is 1. The number of hydrogen-bond donors (Lipinski definition) is 1. The van der Waals surface area contributed by atoms with Crippen molar-refractivity contribution in [2.24, 2.45) is 16.7 Å². The standard InChI is InChI=1S/C18H30O2Se/c1-17(2)12-10-11-18(17,3)16(20)15(12)21-14-9-7-5-4-6-8-13(14)19/h12-15,19H,4-11H2,1-3H3/t12-,13?,14?,15+,18+/m1/s1. The Morgan fingerprint density at radius 3 is 2.33 bits per heavy atom. The van der Waals surface area contributed by atoms with Gasteiger partial charge < -0.3 is 0 Å². The average molecular weight is 357 g/mol. The molecule has 5 atom stereocenters. The zero-order valence-corrected chi connectivity index (χ0v) is 15.4. The number of ketones is 1. The van der Waals surface area contributed by atoms with E-state index in [1.165, 1.54) is 32.1 Å². The van der Waals surface area contributed by atoms with E-state index in [1.807, 2.05) is 0 Å². The molecule has 120 valence electrons. The second-order valence-electron chi connectivity index (χ2n) is 8.22. The molecule has 0 aromatic heterocycles. The second kappa shape index (κ2) is 5.65. The van der Waals surface area contributed by atoms with Crippen molar-refractivity contribution in [1.82, 2.24) is 0 Å². The molecule has 0 aliphatic heterocycles. The van der Waals surface area contributed by atoms with Gasteiger partial charge in [0.1, 0.15) is 0 Å². The van der Waals surface area contributed by atoms with Crippen LogP contribution in [0.5, 0.6) is 0 Å². The van der Waals surface area contributed by atoms with Gasteiger partial charge in [-0.25, -0.2) is 0 Å². The zero-order valence-electron chi connectivity index (χ0n) is 13.7. The predicted molar refractivity (Wildman–Crippen MR) is 86.6 cm³/mol. The van der Waals surface area contributed by atoms with E-state index in [0.717, 1.165) is 19.3 Å². The van der Waals surface area contributed by atoms with Gasteiger partial charge in [-0.2, -0.15) is 0 Å². The van der Waals surface area contributed by atoms with Crippen LogP contribution in [0.4, 0.5) is 0 Å². The summed E-state index contributed by atoms with van der Waals surface area (Å²) in [6.45, 7) is 6.83. The molecule has 0 aromatic rings. The molecule has 0 amide bonds. The minimum absolute atomic E-state index is 0.0867. The Balaban J connectivity index is 1.74. The minimum atomic E-state index is -0.145. The Morgan fingerprint density at radius 2 is 1.71 bits per heavy atom. The normalized spacial score (nSPS) is 46.4. The number of carbonyl (C=O) groups excluding carboxylic acids is 1. The molecule has 3 heteroatoms. The number of hydrogen-bond acceptors (Lipinski definition) is 2. The van der Waals surface area contributed by atoms with Crippen molar-refractivity contribution < 1.29 is 9.90 Å². The van der Waals surface area contributed by atoms with E-state index in [1.54, 1.807) is 0 Å². The summed E-state index contributed by atoms with van der Waals surface area (Å²) in [7, 11) is 0. The van der Waals surface area contributed by atoms with E-state index in [2.05, 4.69) is 20.8 Å². The van der Waals surface area contributed by atoms with Crippen molar-refractivity contribution in [2.45, 2.75) is 87.9 Å². The third kappa shape index (κ3) is 2.44. The van der Waals surface area contributed by atoms with Gasteiger partial charge in [0.2, 0.25) is 0 Å². The van der Waals surface area contributed by atoms with Crippen LogP contribution in [-0.4, -0.2) is 32.0 Å². The van der Waals surface area contributed by atoms with Crippen LogP contribution in [0.25, 0.3) is 0 Å². The quantitative estimate of drug-likeness (QED) is 0.759. The molecule has 0 saturated heterocycles. The Bertz CT molecular complexity index is 419. The van der Waals surface area contributed by atoms with Gasteiger partial charge in [0, 0.05) is 0 Å². The first-order valence-electron chi connectivity index (χ1n) is 8.76. The predicted octanol–water partition coefficient (Wildman–Crippen LogP) is 4.01. The van der Waals surface area contributed by atoms with E-state index in [0.29, 0.717) is 16.5 Å². The van der Waals surface area contributed by atoms with Gasteiger partial charge in [-0.3, -0.25) is 0 Å². The molecular weight excluding hydrogens is 327 g/mol. The maximum atomic E-state index is 13.0. The molecular formula is C18H30O2Se. The fourth-order valence-electron chi connectivity index (χ4n) is 4.94. The van der Waals surface area contributed by atoms with E-state index in [-0.39, 0.29) is 36.7 Å². The molecule has 0 heterocycles. The van der Waals surface area contributed by atoms with Crippen molar-refractivity contribution in [1.29, 1.82) is 0 Å². The summed E-state index contributed by atoms with van der Waals surface area (Å²) < 4.78 is 0. The summed E-state index contributed by atoms with van der Waals surface area (Å²) in [5.41, 5.74) is 0.0831. The summed E-state index contributed by atoms with van der Waals surface area (Å²) in [6, 6.07) is 0. The molecule has 3 aliphatic carbocycles. The molecule has 3 saturated carbocycles. The monoisotopic (exact) mass is 358 g/mol. The Kier molecular flexibility index (Phi) is 4.31. The van der Waals surface area contributed by atoms with Crippen LogP contribution in [0.3, 0.4) is 0 Å². The number of Topliss-reactive ketones (excluding diaryl/α,β-unsaturated/α-hetero) is 1. The van der Waals surface area contributed by atoms with Gasteiger partial charge >= 0.3 is 135 Å². The third-order valence-electron chi connectivity index (χ3n) is 6.96. The van der Waals surface area contributed by atoms with Crippen LogP contribution < -0.4 is 0 Å². The van der Waals surface area contributed by atoms with Crippen molar-refractivity contribution in [3.63, 3.8) is 0 Å². The molecule has 2 bridgehead atoms. The van der Waals surface area contributed by atoms with Crippen LogP contribution in [0.2, 0.25) is 9.63 Å². The fraction of sp³-hybridized carbons (Fsp3) is 0.944. The topological polar surface area (TPSA) is 37.3 Å². The van der Waals surface area contributed by atoms with Crippen LogP contribution in [-0.2, 0) is 4.79 Å². The van der Waals surface area contributed by atoms with Gasteiger partial charge in [0.05, 0.1) is 0 Å². The molecule has 21 heavy (non-hydrogen) atoms. The SMILES string of the molecule is CC1(C)[C@@H]2CC[C@@]1(C)C(=O)[C@H]2[Se]C1CCCCCCC1O. The van der Waals surface area contributed by atoms with Crippen molar-refractivity contribution >= 4 is 20.7 Å². The van der Waals surface area contributed by atoms with E-state index in [4.69, 9.17) is 0 Å². The zero-order chi connectivity index (χ0) is 15.3. The molecule has 1 N–H and O–H groups in total. The Hall–Kier alpha value is 0.149. The third-order valence-corrected chi connectivity index (χ3v) is 10.6. The first-order valence-corrected chi connectivity index (χ1v) is 10.7. The molecule has 3 rings (SSSR count). The Labute approximate surface area is 135 Å².